The number of hydrogen-bond donors (Lipinski definition) is 3. The average Bonchev–Trinajstić information content (AvgIpc) is 2.00. The molecule has 8 nitrogen and oxygen atoms in total. The summed E-state index contributed by atoms with van der Waals surface area (Å²) in [6.45, 7) is 0. The Bertz CT molecular complexity index is 402. The van der Waals surface area contributed by atoms with Crippen molar-refractivity contribution in [2.24, 2.45) is 0 Å². The van der Waals surface area contributed by atoms with E-state index < -0.39 is 28.1 Å². The first-order chi connectivity index (χ1) is 6.77. The van der Waals surface area contributed by atoms with Gasteiger partial charge in [0.2, 0.25) is 0 Å². The normalized spacial score (nSPS) is 21.2. The predicted octanol–water partition coefficient (Wildman–Crippen LogP) is 0.839. The molecule has 0 aromatic carbocycles. The van der Waals surface area contributed by atoms with Gasteiger partial charge in [0, 0.05) is 7.11 Å². The fraction of sp³-hybridized carbons (Fsp3) is 1.00. The Kier molecular flexibility index (Phi) is 4.71. The van der Waals surface area contributed by atoms with E-state index in [4.69, 9.17) is 14.7 Å². The van der Waals surface area contributed by atoms with Gasteiger partial charge in [-0.05, 0) is 0 Å². The van der Waals surface area contributed by atoms with Gasteiger partial charge in [0.25, 0.3) is 0 Å². The number of halogens is 2. The third-order valence-corrected chi connectivity index (χ3v) is 6.39. The second-order valence-electron chi connectivity index (χ2n) is 2.38. The first kappa shape index (κ1) is 16.4. The maximum Gasteiger partial charge on any atom is 0.444 e. The molecule has 0 amide bonds. The third kappa shape index (κ3) is 3.45. The van der Waals surface area contributed by atoms with E-state index >= 15 is 0 Å². The maximum atomic E-state index is 12.7. The van der Waals surface area contributed by atoms with Crippen molar-refractivity contribution in [2.45, 2.75) is 5.40 Å². The van der Waals surface area contributed by atoms with E-state index in [2.05, 4.69) is 16.4 Å². The van der Waals surface area contributed by atoms with Gasteiger partial charge in [-0.1, -0.05) is 0 Å². The van der Waals surface area contributed by atoms with Crippen LogP contribution in [-0.2, 0) is 22.5 Å². The molecule has 0 heterocycles. The molecule has 0 saturated heterocycles. The summed E-state index contributed by atoms with van der Waals surface area (Å²) in [5.41, 5.74) is 0. The Morgan fingerprint density at radius 3 is 1.81 bits per heavy atom. The van der Waals surface area contributed by atoms with E-state index in [9.17, 15) is 22.5 Å². The van der Waals surface area contributed by atoms with Crippen LogP contribution in [0.2, 0.25) is 0 Å². The maximum absolute atomic E-state index is 12.7. The summed E-state index contributed by atoms with van der Waals surface area (Å²) >= 11 is 0. The van der Waals surface area contributed by atoms with Crippen molar-refractivity contribution < 1.29 is 46.0 Å². The van der Waals surface area contributed by atoms with E-state index in [-0.39, 0.29) is 0 Å². The summed E-state index contributed by atoms with van der Waals surface area (Å²) in [6.07, 6.45) is 0. The SMILES string of the molecule is [B-]P(=O)(OC)OP(=O)(O)C(F)(F)P(=O)(O)O. The standard InChI is InChI=1S/C2H6BF2O8P3/c1-12-16(3,11)13-15(9,10)2(4,5)14(6,7)8/h1H3,(H,9,10)(H2,6,7,8)/q-1. The molecule has 3 radical (unpaired) electrons. The Hall–Kier alpha value is 0.415. The van der Waals surface area contributed by atoms with Crippen molar-refractivity contribution in [3.05, 3.63) is 0 Å². The quantitative estimate of drug-likeness (QED) is 0.503. The van der Waals surface area contributed by atoms with Gasteiger partial charge in [0.1, 0.15) is 0 Å². The van der Waals surface area contributed by atoms with Crippen molar-refractivity contribution >= 4 is 30.2 Å². The molecular formula is C2H6BF2O8P3-. The van der Waals surface area contributed by atoms with Crippen LogP contribution in [0.4, 0.5) is 8.78 Å². The molecule has 0 rings (SSSR count). The van der Waals surface area contributed by atoms with E-state index in [1.807, 2.05) is 0 Å². The zero-order valence-electron chi connectivity index (χ0n) is 7.56. The van der Waals surface area contributed by atoms with Crippen molar-refractivity contribution in [1.82, 2.24) is 0 Å². The lowest BCUT2D eigenvalue weighted by molar-refractivity contribution is 0.107. The summed E-state index contributed by atoms with van der Waals surface area (Å²) in [5, 5.41) is -5.44. The zero-order valence-corrected chi connectivity index (χ0v) is 10.2. The number of hydrogen-bond acceptors (Lipinski definition) is 5. The number of rotatable bonds is 5. The minimum atomic E-state index is -6.29. The molecule has 16 heavy (non-hydrogen) atoms. The highest BCUT2D eigenvalue weighted by molar-refractivity contribution is 7.86. The van der Waals surface area contributed by atoms with Crippen LogP contribution in [0.15, 0.2) is 0 Å². The van der Waals surface area contributed by atoms with Crippen LogP contribution in [0.25, 0.3) is 0 Å². The Morgan fingerprint density at radius 2 is 1.56 bits per heavy atom. The van der Waals surface area contributed by atoms with Gasteiger partial charge < -0.3 is 31.3 Å². The van der Waals surface area contributed by atoms with Crippen molar-refractivity contribution in [1.29, 1.82) is 0 Å². The van der Waals surface area contributed by atoms with Crippen LogP contribution < -0.4 is 0 Å². The molecule has 0 saturated carbocycles. The van der Waals surface area contributed by atoms with Gasteiger partial charge in [-0.25, -0.2) is 0 Å². The molecule has 0 fully saturated rings. The van der Waals surface area contributed by atoms with E-state index in [0.717, 1.165) is 0 Å². The Labute approximate surface area is 89.5 Å². The summed E-state index contributed by atoms with van der Waals surface area (Å²) in [7, 11) is -12.2. The topological polar surface area (TPSA) is 130 Å². The first-order valence-corrected chi connectivity index (χ1v) is 7.99. The van der Waals surface area contributed by atoms with E-state index in [1.54, 1.807) is 0 Å². The Morgan fingerprint density at radius 1 is 1.19 bits per heavy atom. The van der Waals surface area contributed by atoms with Crippen LogP contribution in [0.5, 0.6) is 0 Å². The highest BCUT2D eigenvalue weighted by Gasteiger charge is 2.65. The molecule has 0 aromatic rings. The summed E-state index contributed by atoms with van der Waals surface area (Å²) in [5.74, 6) is 0. The monoisotopic (exact) mass is 300 g/mol. The second kappa shape index (κ2) is 4.59. The zero-order chi connectivity index (χ0) is 13.4. The molecule has 2 atom stereocenters. The van der Waals surface area contributed by atoms with Crippen molar-refractivity contribution in [3.8, 4) is 0 Å². The van der Waals surface area contributed by atoms with Crippen LogP contribution in [0, 0.1) is 0 Å². The fourth-order valence-corrected chi connectivity index (χ4v) is 3.94. The first-order valence-electron chi connectivity index (χ1n) is 3.19. The minimum Gasteiger partial charge on any atom is -0.443 e. The fourth-order valence-electron chi connectivity index (χ4n) is 0.401. The second-order valence-corrected chi connectivity index (χ2v) is 8.08. The molecule has 0 aliphatic heterocycles. The Balaban J connectivity index is 5.32. The van der Waals surface area contributed by atoms with Gasteiger partial charge in [0.15, 0.2) is 0 Å². The van der Waals surface area contributed by atoms with Gasteiger partial charge in [-0.15, -0.1) is 0 Å². The lowest BCUT2D eigenvalue weighted by Gasteiger charge is -2.30. The van der Waals surface area contributed by atoms with Crippen LogP contribution in [0.3, 0.4) is 0 Å². The van der Waals surface area contributed by atoms with Gasteiger partial charge in [-0.3, -0.25) is 13.4 Å². The van der Waals surface area contributed by atoms with Crippen LogP contribution in [-0.4, -0.2) is 34.8 Å². The van der Waals surface area contributed by atoms with Gasteiger partial charge in [0.05, 0.1) is 7.47 Å². The van der Waals surface area contributed by atoms with Gasteiger partial charge >= 0.3 is 20.6 Å². The average molecular weight is 300 g/mol. The van der Waals surface area contributed by atoms with Crippen LogP contribution in [0.1, 0.15) is 0 Å². The lowest BCUT2D eigenvalue weighted by atomic mass is 10.8. The highest BCUT2D eigenvalue weighted by Crippen LogP contribution is 2.77. The molecule has 14 heteroatoms. The molecular weight excluding hydrogens is 294 g/mol. The molecule has 0 aromatic heterocycles. The molecule has 0 aliphatic rings. The molecule has 95 valence electrons. The molecule has 3 N–H and O–H groups in total. The van der Waals surface area contributed by atoms with Gasteiger partial charge in [-0.2, -0.15) is 8.78 Å². The molecule has 0 spiro atoms. The molecule has 0 aliphatic carbocycles. The van der Waals surface area contributed by atoms with Crippen LogP contribution >= 0.6 is 22.7 Å². The summed E-state index contributed by atoms with van der Waals surface area (Å²) in [4.78, 5) is 24.9. The highest BCUT2D eigenvalue weighted by atomic mass is 31.3. The van der Waals surface area contributed by atoms with Crippen molar-refractivity contribution in [2.75, 3.05) is 7.11 Å². The minimum absolute atomic E-state index is 0.621. The van der Waals surface area contributed by atoms with E-state index in [1.165, 1.54) is 0 Å². The third-order valence-electron chi connectivity index (χ3n) is 1.17. The smallest absolute Gasteiger partial charge is 0.443 e. The predicted molar refractivity (Wildman–Crippen MR) is 48.3 cm³/mol. The molecule has 2 unspecified atom stereocenters. The number of alkyl halides is 2. The molecule has 0 bridgehead atoms. The van der Waals surface area contributed by atoms with E-state index in [0.29, 0.717) is 7.11 Å². The summed E-state index contributed by atoms with van der Waals surface area (Å²) < 4.78 is 64.4. The summed E-state index contributed by atoms with van der Waals surface area (Å²) in [6, 6.07) is 0. The largest absolute Gasteiger partial charge is 0.444 e. The van der Waals surface area contributed by atoms with Crippen molar-refractivity contribution in [3.63, 3.8) is 0 Å². The lowest BCUT2D eigenvalue weighted by Crippen LogP contribution is -2.18.